The summed E-state index contributed by atoms with van der Waals surface area (Å²) in [5.41, 5.74) is 0. The quantitative estimate of drug-likeness (QED) is 0.874. The number of rotatable bonds is 3. The van der Waals surface area contributed by atoms with Crippen molar-refractivity contribution in [2.24, 2.45) is 5.92 Å². The van der Waals surface area contributed by atoms with Crippen LogP contribution in [0.25, 0.3) is 0 Å². The molecule has 0 N–H and O–H groups in total. The van der Waals surface area contributed by atoms with Gasteiger partial charge in [0.25, 0.3) is 0 Å². The minimum Gasteiger partial charge on any atom is -0.355 e. The van der Waals surface area contributed by atoms with Crippen LogP contribution in [0.1, 0.15) is 12.8 Å². The molecule has 20 heavy (non-hydrogen) atoms. The minimum atomic E-state index is 0.527. The lowest BCUT2D eigenvalue weighted by molar-refractivity contribution is 0.350. The Bertz CT molecular complexity index is 572. The number of anilines is 1. The second-order valence-corrected chi connectivity index (χ2v) is 5.87. The smallest absolute Gasteiger partial charge is 0.147 e. The largest absolute Gasteiger partial charge is 0.355 e. The zero-order valence-corrected chi connectivity index (χ0v) is 12.4. The van der Waals surface area contributed by atoms with E-state index in [0.717, 1.165) is 31.9 Å². The van der Waals surface area contributed by atoms with E-state index in [9.17, 15) is 0 Å². The number of hydrogen-bond donors (Lipinski definition) is 0. The van der Waals surface area contributed by atoms with Crippen LogP contribution in [0.4, 0.5) is 5.82 Å². The van der Waals surface area contributed by atoms with Gasteiger partial charge in [0, 0.05) is 25.8 Å². The Labute approximate surface area is 127 Å². The van der Waals surface area contributed by atoms with Crippen LogP contribution in [0.15, 0.2) is 24.9 Å². The van der Waals surface area contributed by atoms with Crippen LogP contribution in [-0.4, -0.2) is 32.8 Å². The van der Waals surface area contributed by atoms with E-state index in [2.05, 4.69) is 20.0 Å². The summed E-state index contributed by atoms with van der Waals surface area (Å²) in [5.74, 6) is 1.35. The van der Waals surface area contributed by atoms with E-state index in [4.69, 9.17) is 23.2 Å². The van der Waals surface area contributed by atoms with Gasteiger partial charge in [0.2, 0.25) is 0 Å². The van der Waals surface area contributed by atoms with Crippen molar-refractivity contribution in [1.82, 2.24) is 19.7 Å². The first-order chi connectivity index (χ1) is 9.72. The predicted molar refractivity (Wildman–Crippen MR) is 79.2 cm³/mol. The second kappa shape index (κ2) is 5.97. The summed E-state index contributed by atoms with van der Waals surface area (Å²) >= 11 is 12.1. The fourth-order valence-electron chi connectivity index (χ4n) is 2.64. The molecule has 0 amide bonds. The molecule has 0 bridgehead atoms. The number of halogens is 2. The van der Waals surface area contributed by atoms with E-state index in [0.29, 0.717) is 16.0 Å². The molecule has 0 aliphatic carbocycles. The maximum absolute atomic E-state index is 6.24. The molecule has 2 aromatic heterocycles. The van der Waals surface area contributed by atoms with Crippen molar-refractivity contribution in [2.45, 2.75) is 19.4 Å². The molecule has 3 heterocycles. The summed E-state index contributed by atoms with van der Waals surface area (Å²) in [6, 6.07) is 1.74. The highest BCUT2D eigenvalue weighted by molar-refractivity contribution is 6.36. The first kappa shape index (κ1) is 13.6. The standard InChI is InChI=1S/C13H15Cl2N5/c14-11-4-12(15)13(17-5-11)19-3-1-2-10(6-19)7-20-9-16-8-18-20/h4-5,8-10H,1-3,6-7H2/t10-/m0/s1. The molecule has 1 fully saturated rings. The summed E-state index contributed by atoms with van der Waals surface area (Å²) in [7, 11) is 0. The van der Waals surface area contributed by atoms with Gasteiger partial charge in [-0.2, -0.15) is 5.10 Å². The highest BCUT2D eigenvalue weighted by Gasteiger charge is 2.23. The average Bonchev–Trinajstić information content (AvgIpc) is 2.92. The van der Waals surface area contributed by atoms with Crippen LogP contribution < -0.4 is 4.90 Å². The Morgan fingerprint density at radius 1 is 1.35 bits per heavy atom. The summed E-state index contributed by atoms with van der Waals surface area (Å²) in [5, 5.41) is 5.34. The predicted octanol–water partition coefficient (Wildman–Crippen LogP) is 2.90. The third kappa shape index (κ3) is 3.04. The van der Waals surface area contributed by atoms with Gasteiger partial charge in [0.15, 0.2) is 0 Å². The summed E-state index contributed by atoms with van der Waals surface area (Å²) < 4.78 is 1.88. The van der Waals surface area contributed by atoms with Gasteiger partial charge in [-0.3, -0.25) is 4.68 Å². The van der Waals surface area contributed by atoms with Crippen LogP contribution in [-0.2, 0) is 6.54 Å². The normalized spacial score (nSPS) is 19.3. The minimum absolute atomic E-state index is 0.527. The topological polar surface area (TPSA) is 46.8 Å². The van der Waals surface area contributed by atoms with Gasteiger partial charge < -0.3 is 4.90 Å². The molecule has 0 spiro atoms. The molecule has 1 atom stereocenters. The fourth-order valence-corrected chi connectivity index (χ4v) is 3.14. The van der Waals surface area contributed by atoms with Crippen LogP contribution in [0, 0.1) is 5.92 Å². The van der Waals surface area contributed by atoms with E-state index in [1.54, 1.807) is 24.9 Å². The third-order valence-corrected chi connectivity index (χ3v) is 4.00. The molecule has 0 radical (unpaired) electrons. The fraction of sp³-hybridized carbons (Fsp3) is 0.462. The molecule has 2 aromatic rings. The lowest BCUT2D eigenvalue weighted by atomic mass is 9.98. The molecule has 1 aliphatic heterocycles. The molecule has 3 rings (SSSR count). The number of pyridine rings is 1. The molecule has 0 saturated carbocycles. The van der Waals surface area contributed by atoms with E-state index >= 15 is 0 Å². The second-order valence-electron chi connectivity index (χ2n) is 5.03. The lowest BCUT2D eigenvalue weighted by Gasteiger charge is -2.33. The Balaban J connectivity index is 1.71. The summed E-state index contributed by atoms with van der Waals surface area (Å²) in [4.78, 5) is 10.6. The Morgan fingerprint density at radius 3 is 3.00 bits per heavy atom. The van der Waals surface area contributed by atoms with Gasteiger partial charge in [0.05, 0.1) is 10.0 Å². The van der Waals surface area contributed by atoms with Gasteiger partial charge >= 0.3 is 0 Å². The van der Waals surface area contributed by atoms with Gasteiger partial charge in [-0.15, -0.1) is 0 Å². The average molecular weight is 312 g/mol. The maximum Gasteiger partial charge on any atom is 0.147 e. The molecular weight excluding hydrogens is 297 g/mol. The zero-order valence-electron chi connectivity index (χ0n) is 10.9. The molecule has 106 valence electrons. The molecule has 1 aliphatic rings. The first-order valence-corrected chi connectivity index (χ1v) is 7.36. The monoisotopic (exact) mass is 311 g/mol. The van der Waals surface area contributed by atoms with Crippen molar-refractivity contribution < 1.29 is 0 Å². The highest BCUT2D eigenvalue weighted by atomic mass is 35.5. The van der Waals surface area contributed by atoms with Crippen molar-refractivity contribution in [1.29, 1.82) is 0 Å². The van der Waals surface area contributed by atoms with Crippen LogP contribution in [0.3, 0.4) is 0 Å². The number of nitrogens with zero attached hydrogens (tertiary/aromatic N) is 5. The summed E-state index contributed by atoms with van der Waals surface area (Å²) in [6.07, 6.45) is 7.27. The maximum atomic E-state index is 6.24. The van der Waals surface area contributed by atoms with E-state index in [1.165, 1.54) is 6.42 Å². The number of piperidine rings is 1. The third-order valence-electron chi connectivity index (χ3n) is 3.52. The molecular formula is C13H15Cl2N5. The van der Waals surface area contributed by atoms with Crippen molar-refractivity contribution in [3.05, 3.63) is 35.0 Å². The zero-order chi connectivity index (χ0) is 13.9. The van der Waals surface area contributed by atoms with Crippen molar-refractivity contribution in [3.63, 3.8) is 0 Å². The molecule has 0 aromatic carbocycles. The summed E-state index contributed by atoms with van der Waals surface area (Å²) in [6.45, 7) is 2.78. The Kier molecular flexibility index (Phi) is 4.08. The lowest BCUT2D eigenvalue weighted by Crippen LogP contribution is -2.37. The molecule has 0 unspecified atom stereocenters. The molecule has 5 nitrogen and oxygen atoms in total. The Morgan fingerprint density at radius 2 is 2.25 bits per heavy atom. The van der Waals surface area contributed by atoms with Gasteiger partial charge in [-0.1, -0.05) is 23.2 Å². The molecule has 1 saturated heterocycles. The van der Waals surface area contributed by atoms with Crippen molar-refractivity contribution >= 4 is 29.0 Å². The van der Waals surface area contributed by atoms with Gasteiger partial charge in [-0.25, -0.2) is 9.97 Å². The SMILES string of the molecule is Clc1cnc(N2CCC[C@H](Cn3cncn3)C2)c(Cl)c1. The van der Waals surface area contributed by atoms with Crippen LogP contribution >= 0.6 is 23.2 Å². The van der Waals surface area contributed by atoms with E-state index < -0.39 is 0 Å². The van der Waals surface area contributed by atoms with Gasteiger partial charge in [0.1, 0.15) is 18.5 Å². The van der Waals surface area contributed by atoms with Crippen LogP contribution in [0.5, 0.6) is 0 Å². The van der Waals surface area contributed by atoms with Crippen molar-refractivity contribution in [3.8, 4) is 0 Å². The first-order valence-electron chi connectivity index (χ1n) is 6.61. The van der Waals surface area contributed by atoms with Crippen molar-refractivity contribution in [2.75, 3.05) is 18.0 Å². The number of hydrogen-bond acceptors (Lipinski definition) is 4. The Hall–Kier alpha value is -1.33. The molecule has 7 heteroatoms. The van der Waals surface area contributed by atoms with Crippen LogP contribution in [0.2, 0.25) is 10.0 Å². The van der Waals surface area contributed by atoms with Gasteiger partial charge in [-0.05, 0) is 24.8 Å². The highest BCUT2D eigenvalue weighted by Crippen LogP contribution is 2.29. The van der Waals surface area contributed by atoms with E-state index in [1.807, 2.05) is 4.68 Å². The number of aromatic nitrogens is 4. The van der Waals surface area contributed by atoms with E-state index in [-0.39, 0.29) is 0 Å².